The van der Waals surface area contributed by atoms with E-state index in [1.54, 1.807) is 6.08 Å². The van der Waals surface area contributed by atoms with Gasteiger partial charge in [0.05, 0.1) is 24.7 Å². The molecule has 2 aliphatic rings. The number of ether oxygens (including phenoxy) is 3. The lowest BCUT2D eigenvalue weighted by molar-refractivity contribution is 0.0730. The standard InChI is InChI=1S/C24H27NO6S/c1-3-30-23-16-20-14-17(2)31-24(20)15-19(23)6-9-22(26)18-4-7-21(8-5-18)32(27,28)25-10-12-29-13-11-25/h4-9,15-17H,3,10-14H2,1-2H3/b9-6+/t17-/m0/s1. The van der Waals surface area contributed by atoms with Gasteiger partial charge in [-0.05, 0) is 62.4 Å². The molecule has 7 nitrogen and oxygen atoms in total. The molecule has 2 aromatic carbocycles. The summed E-state index contributed by atoms with van der Waals surface area (Å²) in [5.74, 6) is 1.29. The number of carbonyl (C=O) groups excluding carboxylic acids is 1. The van der Waals surface area contributed by atoms with Gasteiger partial charge >= 0.3 is 0 Å². The molecule has 0 amide bonds. The van der Waals surface area contributed by atoms with Crippen LogP contribution in [0.25, 0.3) is 6.08 Å². The van der Waals surface area contributed by atoms with E-state index < -0.39 is 10.0 Å². The molecular weight excluding hydrogens is 430 g/mol. The SMILES string of the molecule is CCOc1cc2c(cc1/C=C/C(=O)c1ccc(S(=O)(=O)N3CCOCC3)cc1)O[C@@H](C)C2. The van der Waals surface area contributed by atoms with Crippen molar-refractivity contribution in [1.82, 2.24) is 4.31 Å². The molecule has 32 heavy (non-hydrogen) atoms. The van der Waals surface area contributed by atoms with E-state index in [9.17, 15) is 13.2 Å². The molecule has 1 fully saturated rings. The van der Waals surface area contributed by atoms with Crippen molar-refractivity contribution >= 4 is 21.9 Å². The second-order valence-corrected chi connectivity index (χ2v) is 9.74. The van der Waals surface area contributed by atoms with Gasteiger partial charge in [-0.15, -0.1) is 0 Å². The molecule has 0 radical (unpaired) electrons. The zero-order valence-electron chi connectivity index (χ0n) is 18.2. The number of carbonyl (C=O) groups is 1. The third kappa shape index (κ3) is 4.72. The van der Waals surface area contributed by atoms with Crippen LogP contribution in [0.4, 0.5) is 0 Å². The van der Waals surface area contributed by atoms with Gasteiger partial charge in [0.25, 0.3) is 0 Å². The van der Waals surface area contributed by atoms with Crippen LogP contribution in [-0.2, 0) is 21.2 Å². The molecule has 170 valence electrons. The maximum atomic E-state index is 12.7. The molecule has 0 N–H and O–H groups in total. The van der Waals surface area contributed by atoms with Gasteiger partial charge in [0, 0.05) is 36.2 Å². The summed E-state index contributed by atoms with van der Waals surface area (Å²) in [6, 6.07) is 9.89. The van der Waals surface area contributed by atoms with Gasteiger partial charge in [0.1, 0.15) is 17.6 Å². The first-order chi connectivity index (χ1) is 15.4. The summed E-state index contributed by atoms with van der Waals surface area (Å²) in [6.07, 6.45) is 4.12. The normalized spacial score (nSPS) is 19.0. The van der Waals surface area contributed by atoms with E-state index in [0.717, 1.165) is 23.3 Å². The summed E-state index contributed by atoms with van der Waals surface area (Å²) in [4.78, 5) is 12.9. The van der Waals surface area contributed by atoms with Gasteiger partial charge in [-0.3, -0.25) is 4.79 Å². The molecule has 1 saturated heterocycles. The van der Waals surface area contributed by atoms with Crippen LogP contribution in [-0.4, -0.2) is 57.5 Å². The Kier molecular flexibility index (Phi) is 6.64. The summed E-state index contributed by atoms with van der Waals surface area (Å²) < 4.78 is 43.7. The van der Waals surface area contributed by atoms with E-state index in [2.05, 4.69) is 0 Å². The predicted molar refractivity (Wildman–Crippen MR) is 121 cm³/mol. The van der Waals surface area contributed by atoms with Crippen LogP contribution in [0.1, 0.15) is 35.3 Å². The number of morpholine rings is 1. The molecule has 1 atom stereocenters. The van der Waals surface area contributed by atoms with Crippen LogP contribution in [0, 0.1) is 0 Å². The highest BCUT2D eigenvalue weighted by molar-refractivity contribution is 7.89. The van der Waals surface area contributed by atoms with Crippen LogP contribution in [0.5, 0.6) is 11.5 Å². The predicted octanol–water partition coefficient (Wildman–Crippen LogP) is 3.33. The molecule has 8 heteroatoms. The Morgan fingerprint density at radius 1 is 1.19 bits per heavy atom. The van der Waals surface area contributed by atoms with Crippen LogP contribution in [0.2, 0.25) is 0 Å². The first kappa shape index (κ1) is 22.5. The zero-order chi connectivity index (χ0) is 22.7. The highest BCUT2D eigenvalue weighted by Gasteiger charge is 2.26. The number of ketones is 1. The van der Waals surface area contributed by atoms with E-state index in [1.807, 2.05) is 26.0 Å². The van der Waals surface area contributed by atoms with Crippen LogP contribution < -0.4 is 9.47 Å². The summed E-state index contributed by atoms with van der Waals surface area (Å²) in [5.41, 5.74) is 2.27. The number of allylic oxidation sites excluding steroid dienone is 1. The Morgan fingerprint density at radius 2 is 1.91 bits per heavy atom. The van der Waals surface area contributed by atoms with Crippen molar-refractivity contribution in [3.63, 3.8) is 0 Å². The topological polar surface area (TPSA) is 82.1 Å². The van der Waals surface area contributed by atoms with Gasteiger partial charge in [0.2, 0.25) is 10.0 Å². The Hall–Kier alpha value is -2.68. The average Bonchev–Trinajstić information content (AvgIpc) is 3.17. The highest BCUT2D eigenvalue weighted by Crippen LogP contribution is 2.35. The summed E-state index contributed by atoms with van der Waals surface area (Å²) >= 11 is 0. The fraction of sp³-hybridized carbons (Fsp3) is 0.375. The van der Waals surface area contributed by atoms with Gasteiger partial charge < -0.3 is 14.2 Å². The fourth-order valence-electron chi connectivity index (χ4n) is 3.85. The van der Waals surface area contributed by atoms with E-state index in [0.29, 0.717) is 44.2 Å². The Bertz CT molecular complexity index is 1120. The van der Waals surface area contributed by atoms with Crippen molar-refractivity contribution in [1.29, 1.82) is 0 Å². The molecule has 2 heterocycles. The third-order valence-corrected chi connectivity index (χ3v) is 7.40. The number of nitrogens with zero attached hydrogens (tertiary/aromatic N) is 1. The monoisotopic (exact) mass is 457 g/mol. The third-order valence-electron chi connectivity index (χ3n) is 5.49. The highest BCUT2D eigenvalue weighted by atomic mass is 32.2. The van der Waals surface area contributed by atoms with Crippen molar-refractivity contribution in [3.8, 4) is 11.5 Å². The molecular formula is C24H27NO6S. The number of sulfonamides is 1. The molecule has 2 aliphatic heterocycles. The minimum absolute atomic E-state index is 0.118. The number of rotatable bonds is 7. The summed E-state index contributed by atoms with van der Waals surface area (Å²) in [5, 5.41) is 0. The van der Waals surface area contributed by atoms with E-state index >= 15 is 0 Å². The second kappa shape index (κ2) is 9.44. The molecule has 4 rings (SSSR count). The van der Waals surface area contributed by atoms with Crippen LogP contribution >= 0.6 is 0 Å². The maximum Gasteiger partial charge on any atom is 0.243 e. The second-order valence-electron chi connectivity index (χ2n) is 7.80. The first-order valence-electron chi connectivity index (χ1n) is 10.7. The molecule has 0 bridgehead atoms. The first-order valence-corrected chi connectivity index (χ1v) is 12.2. The molecule has 2 aromatic rings. The van der Waals surface area contributed by atoms with E-state index in [-0.39, 0.29) is 16.8 Å². The van der Waals surface area contributed by atoms with Gasteiger partial charge in [-0.1, -0.05) is 0 Å². The smallest absolute Gasteiger partial charge is 0.243 e. The van der Waals surface area contributed by atoms with Crippen molar-refractivity contribution in [2.45, 2.75) is 31.3 Å². The molecule has 0 unspecified atom stereocenters. The lowest BCUT2D eigenvalue weighted by Gasteiger charge is -2.26. The van der Waals surface area contributed by atoms with Gasteiger partial charge in [0.15, 0.2) is 5.78 Å². The zero-order valence-corrected chi connectivity index (χ0v) is 19.1. The van der Waals surface area contributed by atoms with Crippen molar-refractivity contribution < 1.29 is 27.4 Å². The van der Waals surface area contributed by atoms with Gasteiger partial charge in [-0.25, -0.2) is 8.42 Å². The maximum absolute atomic E-state index is 12.7. The number of benzene rings is 2. The summed E-state index contributed by atoms with van der Waals surface area (Å²) in [6.45, 7) is 5.88. The number of hydrogen-bond donors (Lipinski definition) is 0. The number of fused-ring (bicyclic) bond motifs is 1. The largest absolute Gasteiger partial charge is 0.493 e. The Morgan fingerprint density at radius 3 is 2.59 bits per heavy atom. The molecule has 0 saturated carbocycles. The Balaban J connectivity index is 1.51. The van der Waals surface area contributed by atoms with Crippen LogP contribution in [0.15, 0.2) is 47.4 Å². The lowest BCUT2D eigenvalue weighted by Crippen LogP contribution is -2.40. The molecule has 0 aliphatic carbocycles. The van der Waals surface area contributed by atoms with Crippen molar-refractivity contribution in [2.75, 3.05) is 32.9 Å². The fourth-order valence-corrected chi connectivity index (χ4v) is 5.26. The quantitative estimate of drug-likeness (QED) is 0.469. The minimum Gasteiger partial charge on any atom is -0.493 e. The van der Waals surface area contributed by atoms with Crippen molar-refractivity contribution in [2.24, 2.45) is 0 Å². The van der Waals surface area contributed by atoms with E-state index in [1.165, 1.54) is 34.6 Å². The van der Waals surface area contributed by atoms with Crippen molar-refractivity contribution in [3.05, 3.63) is 59.2 Å². The van der Waals surface area contributed by atoms with E-state index in [4.69, 9.17) is 14.2 Å². The molecule has 0 spiro atoms. The lowest BCUT2D eigenvalue weighted by atomic mass is 10.0. The molecule has 0 aromatic heterocycles. The van der Waals surface area contributed by atoms with Crippen LogP contribution in [0.3, 0.4) is 0 Å². The average molecular weight is 458 g/mol. The van der Waals surface area contributed by atoms with Gasteiger partial charge in [-0.2, -0.15) is 4.31 Å². The Labute approximate surface area is 188 Å². The number of hydrogen-bond acceptors (Lipinski definition) is 6. The summed E-state index contributed by atoms with van der Waals surface area (Å²) in [7, 11) is -3.59. The minimum atomic E-state index is -3.59.